The van der Waals surface area contributed by atoms with Crippen molar-refractivity contribution in [3.63, 3.8) is 0 Å². The number of carbonyl (C=O) groups excluding carboxylic acids is 3. The first kappa shape index (κ1) is 29.2. The number of carbonyl (C=O) groups is 3. The van der Waals surface area contributed by atoms with Crippen molar-refractivity contribution in [1.29, 1.82) is 0 Å². The summed E-state index contributed by atoms with van der Waals surface area (Å²) in [5, 5.41) is 7.35. The van der Waals surface area contributed by atoms with Crippen LogP contribution in [-0.4, -0.2) is 55.8 Å². The van der Waals surface area contributed by atoms with E-state index in [1.165, 1.54) is 24.3 Å². The summed E-state index contributed by atoms with van der Waals surface area (Å²) in [5.41, 5.74) is 1.17. The summed E-state index contributed by atoms with van der Waals surface area (Å²) in [5.74, 6) is -0.958. The van der Waals surface area contributed by atoms with Gasteiger partial charge in [0, 0.05) is 16.6 Å². The molecule has 0 spiro atoms. The second kappa shape index (κ2) is 11.7. The van der Waals surface area contributed by atoms with Crippen molar-refractivity contribution in [2.75, 3.05) is 11.3 Å². The normalized spacial score (nSPS) is 21.6. The second-order valence-electron chi connectivity index (χ2n) is 11.1. The average Bonchev–Trinajstić information content (AvgIpc) is 3.62. The third kappa shape index (κ3) is 7.03. The average molecular weight is 577 g/mol. The topological polar surface area (TPSA) is 144 Å². The van der Waals surface area contributed by atoms with E-state index in [0.717, 1.165) is 37.0 Å². The van der Waals surface area contributed by atoms with Gasteiger partial charge < -0.3 is 15.4 Å². The highest BCUT2D eigenvalue weighted by Crippen LogP contribution is 2.41. The molecule has 1 saturated carbocycles. The molecule has 2 aromatic rings. The Labute approximate surface area is 233 Å². The molecule has 0 bridgehead atoms. The summed E-state index contributed by atoms with van der Waals surface area (Å²) in [6.45, 7) is 7.68. The number of rotatable bonds is 10. The van der Waals surface area contributed by atoms with Gasteiger partial charge in [0.2, 0.25) is 10.2 Å². The third-order valence-electron chi connectivity index (χ3n) is 7.45. The Morgan fingerprint density at radius 1 is 1.18 bits per heavy atom. The van der Waals surface area contributed by atoms with Crippen molar-refractivity contribution >= 4 is 44.6 Å². The Morgan fingerprint density at radius 2 is 1.85 bits per heavy atom. The first-order chi connectivity index (χ1) is 18.4. The molecule has 3 N–H and O–H groups in total. The predicted octanol–water partition coefficient (Wildman–Crippen LogP) is 3.61. The maximum absolute atomic E-state index is 13.3. The fourth-order valence-electron chi connectivity index (χ4n) is 5.04. The van der Waals surface area contributed by atoms with Crippen molar-refractivity contribution in [2.45, 2.75) is 88.2 Å². The predicted molar refractivity (Wildman–Crippen MR) is 148 cm³/mol. The maximum Gasteiger partial charge on any atom is 0.289 e. The number of anilines is 1. The van der Waals surface area contributed by atoms with Crippen molar-refractivity contribution in [3.8, 4) is 0 Å². The van der Waals surface area contributed by atoms with Crippen molar-refractivity contribution in [2.24, 2.45) is 5.41 Å². The highest BCUT2D eigenvalue weighted by atomic mass is 32.2. The number of ether oxygens (including phenoxy) is 1. The standard InChI is InChI=1S/C27H36N4O6S2/c1-16(2)21-15-38-26(29-21)39(35,36)31-19-9-7-18(8-10-19)24(33)28-20(13-27(4)11-5-6-12-27)25(34)30-23-17(3)37-14-22(23)32/h7-10,15-17,20,23,31H,5-6,11-14H2,1-4H3,(H,28,33)(H,30,34)/t17-,20-,23?/m0/s1. The van der Waals surface area contributed by atoms with Crippen LogP contribution in [0.4, 0.5) is 5.69 Å². The van der Waals surface area contributed by atoms with Gasteiger partial charge in [0.05, 0.1) is 11.8 Å². The number of nitrogens with zero attached hydrogens (tertiary/aromatic N) is 1. The molecule has 4 rings (SSSR count). The molecule has 2 fully saturated rings. The van der Waals surface area contributed by atoms with Crippen LogP contribution in [0, 0.1) is 5.41 Å². The summed E-state index contributed by atoms with van der Waals surface area (Å²) < 4.78 is 33.3. The Balaban J connectivity index is 1.45. The Bertz CT molecular complexity index is 1320. The first-order valence-electron chi connectivity index (χ1n) is 13.2. The van der Waals surface area contributed by atoms with E-state index < -0.39 is 40.0 Å². The minimum absolute atomic E-state index is 0.0252. The molecule has 1 saturated heterocycles. The van der Waals surface area contributed by atoms with Crippen molar-refractivity contribution in [1.82, 2.24) is 15.6 Å². The molecule has 212 valence electrons. The molecule has 1 unspecified atom stereocenters. The van der Waals surface area contributed by atoms with Gasteiger partial charge in [0.25, 0.3) is 15.9 Å². The van der Waals surface area contributed by atoms with Crippen LogP contribution in [0.1, 0.15) is 81.8 Å². The van der Waals surface area contributed by atoms with Crippen LogP contribution < -0.4 is 15.4 Å². The lowest BCUT2D eigenvalue weighted by molar-refractivity contribution is -0.128. The van der Waals surface area contributed by atoms with E-state index in [1.807, 2.05) is 13.8 Å². The number of sulfonamides is 1. The van der Waals surface area contributed by atoms with Crippen LogP contribution in [0.5, 0.6) is 0 Å². The minimum atomic E-state index is -3.86. The molecule has 12 heteroatoms. The summed E-state index contributed by atoms with van der Waals surface area (Å²) in [7, 11) is -3.86. The van der Waals surface area contributed by atoms with Gasteiger partial charge >= 0.3 is 0 Å². The van der Waals surface area contributed by atoms with Gasteiger partial charge in [-0.3, -0.25) is 19.1 Å². The van der Waals surface area contributed by atoms with E-state index in [2.05, 4.69) is 27.3 Å². The van der Waals surface area contributed by atoms with E-state index in [4.69, 9.17) is 4.74 Å². The molecule has 1 aromatic heterocycles. The van der Waals surface area contributed by atoms with Crippen LogP contribution in [-0.2, 0) is 24.3 Å². The maximum atomic E-state index is 13.3. The number of nitrogens with one attached hydrogen (secondary N) is 3. The van der Waals surface area contributed by atoms with Crippen LogP contribution in [0.15, 0.2) is 34.0 Å². The van der Waals surface area contributed by atoms with E-state index in [9.17, 15) is 22.8 Å². The SMILES string of the molecule is CC(C)c1csc(S(=O)(=O)Nc2ccc(C(=O)N[C@@H](CC3(C)CCCC3)C(=O)NC3C(=O)CO[C@H]3C)cc2)n1. The van der Waals surface area contributed by atoms with Crippen LogP contribution >= 0.6 is 11.3 Å². The number of hydrogen-bond acceptors (Lipinski definition) is 8. The molecule has 0 radical (unpaired) electrons. The van der Waals surface area contributed by atoms with E-state index in [0.29, 0.717) is 12.1 Å². The molecule has 1 aliphatic carbocycles. The van der Waals surface area contributed by atoms with Gasteiger partial charge in [-0.1, -0.05) is 33.6 Å². The Morgan fingerprint density at radius 3 is 2.41 bits per heavy atom. The lowest BCUT2D eigenvalue weighted by Crippen LogP contribution is -2.54. The monoisotopic (exact) mass is 576 g/mol. The lowest BCUT2D eigenvalue weighted by Gasteiger charge is -2.30. The van der Waals surface area contributed by atoms with E-state index in [-0.39, 0.29) is 39.3 Å². The number of thiazole rings is 1. The van der Waals surface area contributed by atoms with E-state index >= 15 is 0 Å². The molecular formula is C27H36N4O6S2. The molecule has 2 aliphatic rings. The first-order valence-corrected chi connectivity index (χ1v) is 15.6. The highest BCUT2D eigenvalue weighted by Gasteiger charge is 2.39. The number of Topliss-reactive ketones (excluding diaryl/α,β-unsaturated/α-hetero) is 1. The zero-order valence-electron chi connectivity index (χ0n) is 22.7. The smallest absolute Gasteiger partial charge is 0.289 e. The van der Waals surface area contributed by atoms with Crippen molar-refractivity contribution in [3.05, 3.63) is 40.9 Å². The number of ketones is 1. The summed E-state index contributed by atoms with van der Waals surface area (Å²) in [6.07, 6.45) is 4.08. The van der Waals surface area contributed by atoms with E-state index in [1.54, 1.807) is 12.3 Å². The quantitative estimate of drug-likeness (QED) is 0.392. The van der Waals surface area contributed by atoms with Gasteiger partial charge in [-0.2, -0.15) is 8.42 Å². The number of benzene rings is 1. The highest BCUT2D eigenvalue weighted by molar-refractivity contribution is 7.94. The van der Waals surface area contributed by atoms with Crippen LogP contribution in [0.2, 0.25) is 0 Å². The summed E-state index contributed by atoms with van der Waals surface area (Å²) >= 11 is 1.05. The number of amides is 2. The fraction of sp³-hybridized carbons (Fsp3) is 0.556. The van der Waals surface area contributed by atoms with Gasteiger partial charge in [-0.25, -0.2) is 4.98 Å². The van der Waals surface area contributed by atoms with Crippen LogP contribution in [0.25, 0.3) is 0 Å². The molecule has 10 nitrogen and oxygen atoms in total. The molecular weight excluding hydrogens is 540 g/mol. The summed E-state index contributed by atoms with van der Waals surface area (Å²) in [4.78, 5) is 42.8. The lowest BCUT2D eigenvalue weighted by atomic mass is 9.81. The summed E-state index contributed by atoms with van der Waals surface area (Å²) in [6, 6.07) is 4.41. The molecule has 39 heavy (non-hydrogen) atoms. The Hall–Kier alpha value is -2.83. The van der Waals surface area contributed by atoms with Gasteiger partial charge in [-0.15, -0.1) is 11.3 Å². The van der Waals surface area contributed by atoms with Gasteiger partial charge in [0.1, 0.15) is 18.7 Å². The Kier molecular flexibility index (Phi) is 8.77. The van der Waals surface area contributed by atoms with Crippen LogP contribution in [0.3, 0.4) is 0 Å². The minimum Gasteiger partial charge on any atom is -0.368 e. The third-order valence-corrected chi connectivity index (χ3v) is 10.1. The number of hydrogen-bond donors (Lipinski definition) is 3. The zero-order valence-corrected chi connectivity index (χ0v) is 24.3. The second-order valence-corrected chi connectivity index (χ2v) is 13.8. The molecule has 3 atom stereocenters. The molecule has 1 aliphatic heterocycles. The molecule has 2 amide bonds. The fourth-order valence-corrected chi connectivity index (χ4v) is 7.28. The van der Waals surface area contributed by atoms with Gasteiger partial charge in [-0.05, 0) is 61.8 Å². The van der Waals surface area contributed by atoms with Gasteiger partial charge in [0.15, 0.2) is 5.78 Å². The van der Waals surface area contributed by atoms with Crippen molar-refractivity contribution < 1.29 is 27.5 Å². The largest absolute Gasteiger partial charge is 0.368 e. The molecule has 1 aromatic carbocycles. The zero-order chi connectivity index (χ0) is 28.4. The number of aromatic nitrogens is 1. The molecule has 2 heterocycles.